The van der Waals surface area contributed by atoms with Crippen molar-refractivity contribution in [3.8, 4) is 6.07 Å². The van der Waals surface area contributed by atoms with E-state index in [-0.39, 0.29) is 10.6 Å². The van der Waals surface area contributed by atoms with E-state index in [2.05, 4.69) is 4.98 Å². The molecule has 0 aliphatic rings. The Labute approximate surface area is 108 Å². The molecule has 6 heteroatoms. The summed E-state index contributed by atoms with van der Waals surface area (Å²) in [5.41, 5.74) is -0.759. The quantitative estimate of drug-likeness (QED) is 0.775. The predicted octanol–water partition coefficient (Wildman–Crippen LogP) is 4.11. The van der Waals surface area contributed by atoms with Crippen LogP contribution in [0, 0.1) is 17.2 Å². The smallest absolute Gasteiger partial charge is 0.236 e. The first-order valence-electron chi connectivity index (χ1n) is 5.45. The highest BCUT2D eigenvalue weighted by molar-refractivity contribution is 7.99. The lowest BCUT2D eigenvalue weighted by Crippen LogP contribution is -2.09. The normalized spacial score (nSPS) is 11.6. The molecule has 0 bridgehead atoms. The zero-order valence-electron chi connectivity index (χ0n) is 10.1. The molecule has 1 rings (SSSR count). The number of rotatable bonds is 4. The second-order valence-electron chi connectivity index (χ2n) is 4.19. The second-order valence-corrected chi connectivity index (χ2v) is 5.27. The third-order valence-electron chi connectivity index (χ3n) is 2.21. The Hall–Kier alpha value is -1.22. The van der Waals surface area contributed by atoms with E-state index in [1.807, 2.05) is 19.9 Å². The van der Waals surface area contributed by atoms with E-state index in [1.165, 1.54) is 17.8 Å². The summed E-state index contributed by atoms with van der Waals surface area (Å²) in [6, 6.07) is 3.87. The van der Waals surface area contributed by atoms with E-state index >= 15 is 0 Å². The van der Waals surface area contributed by atoms with Crippen molar-refractivity contribution in [3.05, 3.63) is 23.4 Å². The largest absolute Gasteiger partial charge is 0.433 e. The van der Waals surface area contributed by atoms with Crippen LogP contribution in [0.5, 0.6) is 0 Å². The number of pyridine rings is 1. The highest BCUT2D eigenvalue weighted by atomic mass is 32.2. The first-order valence-corrected chi connectivity index (χ1v) is 6.44. The van der Waals surface area contributed by atoms with Crippen LogP contribution in [-0.2, 0) is 6.18 Å². The zero-order chi connectivity index (χ0) is 13.8. The van der Waals surface area contributed by atoms with E-state index in [1.54, 1.807) is 0 Å². The van der Waals surface area contributed by atoms with Crippen molar-refractivity contribution in [1.82, 2.24) is 4.98 Å². The van der Waals surface area contributed by atoms with Gasteiger partial charge in [0.1, 0.15) is 16.8 Å². The molecule has 0 saturated heterocycles. The summed E-state index contributed by atoms with van der Waals surface area (Å²) in [4.78, 5) is 3.53. The van der Waals surface area contributed by atoms with Crippen molar-refractivity contribution < 1.29 is 13.2 Å². The van der Waals surface area contributed by atoms with Gasteiger partial charge in [0.2, 0.25) is 0 Å². The maximum atomic E-state index is 12.5. The number of nitriles is 1. The molecule has 0 radical (unpaired) electrons. The Morgan fingerprint density at radius 2 is 2.06 bits per heavy atom. The van der Waals surface area contributed by atoms with Gasteiger partial charge in [-0.3, -0.25) is 0 Å². The highest BCUT2D eigenvalue weighted by Gasteiger charge is 2.33. The van der Waals surface area contributed by atoms with Gasteiger partial charge in [-0.1, -0.05) is 13.8 Å². The molecular formula is C12H13F3N2S. The number of alkyl halides is 3. The van der Waals surface area contributed by atoms with Crippen molar-refractivity contribution >= 4 is 11.8 Å². The lowest BCUT2D eigenvalue weighted by atomic mass is 10.2. The molecule has 0 aliphatic carbocycles. The molecule has 0 amide bonds. The van der Waals surface area contributed by atoms with Crippen molar-refractivity contribution in [1.29, 1.82) is 5.26 Å². The molecule has 1 aromatic heterocycles. The van der Waals surface area contributed by atoms with Crippen LogP contribution in [0.3, 0.4) is 0 Å². The summed E-state index contributed by atoms with van der Waals surface area (Å²) in [5.74, 6) is 1.12. The van der Waals surface area contributed by atoms with Crippen molar-refractivity contribution in [2.75, 3.05) is 5.75 Å². The third-order valence-corrected chi connectivity index (χ3v) is 3.23. The van der Waals surface area contributed by atoms with E-state index < -0.39 is 11.9 Å². The van der Waals surface area contributed by atoms with Crippen LogP contribution in [0.2, 0.25) is 0 Å². The number of nitrogens with zero attached hydrogens (tertiary/aromatic N) is 2. The number of halogens is 3. The molecule has 0 spiro atoms. The molecule has 0 unspecified atom stereocenters. The van der Waals surface area contributed by atoms with Gasteiger partial charge in [0.25, 0.3) is 0 Å². The average molecular weight is 274 g/mol. The monoisotopic (exact) mass is 274 g/mol. The summed E-state index contributed by atoms with van der Waals surface area (Å²) < 4.78 is 37.5. The van der Waals surface area contributed by atoms with Gasteiger partial charge in [-0.2, -0.15) is 18.4 Å². The SMILES string of the molecule is CC(C)CCSc1nc(C(F)(F)F)ccc1C#N. The van der Waals surface area contributed by atoms with Crippen molar-refractivity contribution in [2.24, 2.45) is 5.92 Å². The maximum Gasteiger partial charge on any atom is 0.433 e. The van der Waals surface area contributed by atoms with Crippen molar-refractivity contribution in [2.45, 2.75) is 31.5 Å². The Kier molecular flexibility index (Phi) is 5.03. The molecule has 0 saturated carbocycles. The molecular weight excluding hydrogens is 261 g/mol. The molecule has 0 fully saturated rings. The van der Waals surface area contributed by atoms with Crippen LogP contribution in [0.1, 0.15) is 31.5 Å². The predicted molar refractivity (Wildman–Crippen MR) is 64.1 cm³/mol. The minimum Gasteiger partial charge on any atom is -0.236 e. The molecule has 2 nitrogen and oxygen atoms in total. The molecule has 98 valence electrons. The van der Waals surface area contributed by atoms with Gasteiger partial charge in [0.05, 0.1) is 5.56 Å². The topological polar surface area (TPSA) is 36.7 Å². The fourth-order valence-corrected chi connectivity index (χ4v) is 2.40. The molecule has 1 heterocycles. The standard InChI is InChI=1S/C12H13F3N2S/c1-8(2)5-6-18-11-9(7-16)3-4-10(17-11)12(13,14)15/h3-4,8H,5-6H2,1-2H3. The van der Waals surface area contributed by atoms with Gasteiger partial charge >= 0.3 is 6.18 Å². The highest BCUT2D eigenvalue weighted by Crippen LogP contribution is 2.31. The summed E-state index contributed by atoms with van der Waals surface area (Å²) in [6.45, 7) is 4.07. The number of thioether (sulfide) groups is 1. The summed E-state index contributed by atoms with van der Waals surface area (Å²) >= 11 is 1.20. The summed E-state index contributed by atoms with van der Waals surface area (Å²) in [7, 11) is 0. The van der Waals surface area contributed by atoms with E-state index in [9.17, 15) is 13.2 Å². The van der Waals surface area contributed by atoms with Crippen molar-refractivity contribution in [3.63, 3.8) is 0 Å². The Bertz CT molecular complexity index is 450. The molecule has 18 heavy (non-hydrogen) atoms. The zero-order valence-corrected chi connectivity index (χ0v) is 10.9. The minimum absolute atomic E-state index is 0.160. The van der Waals surface area contributed by atoms with Gasteiger partial charge in [0.15, 0.2) is 0 Å². The lowest BCUT2D eigenvalue weighted by Gasteiger charge is -2.09. The maximum absolute atomic E-state index is 12.5. The van der Waals surface area contributed by atoms with Gasteiger partial charge < -0.3 is 0 Å². The molecule has 0 aromatic carbocycles. The van der Waals surface area contributed by atoms with Crippen LogP contribution < -0.4 is 0 Å². The lowest BCUT2D eigenvalue weighted by molar-refractivity contribution is -0.141. The Balaban J connectivity index is 2.90. The molecule has 0 aliphatic heterocycles. The van der Waals surface area contributed by atoms with Crippen LogP contribution >= 0.6 is 11.8 Å². The Morgan fingerprint density at radius 1 is 1.39 bits per heavy atom. The number of hydrogen-bond donors (Lipinski definition) is 0. The summed E-state index contributed by atoms with van der Waals surface area (Å²) in [5, 5.41) is 9.00. The van der Waals surface area contributed by atoms with Crippen LogP contribution in [0.15, 0.2) is 17.2 Å². The fourth-order valence-electron chi connectivity index (χ4n) is 1.18. The Morgan fingerprint density at radius 3 is 2.56 bits per heavy atom. The van der Waals surface area contributed by atoms with Gasteiger partial charge in [0, 0.05) is 0 Å². The third kappa shape index (κ3) is 4.22. The minimum atomic E-state index is -4.47. The van der Waals surface area contributed by atoms with Crippen LogP contribution in [0.4, 0.5) is 13.2 Å². The van der Waals surface area contributed by atoms with Crippen LogP contribution in [-0.4, -0.2) is 10.7 Å². The van der Waals surface area contributed by atoms with E-state index in [4.69, 9.17) is 5.26 Å². The molecule has 0 N–H and O–H groups in total. The number of hydrogen-bond acceptors (Lipinski definition) is 3. The van der Waals surface area contributed by atoms with Crippen LogP contribution in [0.25, 0.3) is 0 Å². The van der Waals surface area contributed by atoms with Gasteiger partial charge in [-0.15, -0.1) is 11.8 Å². The fraction of sp³-hybridized carbons (Fsp3) is 0.500. The van der Waals surface area contributed by atoms with E-state index in [0.717, 1.165) is 12.5 Å². The van der Waals surface area contributed by atoms with Gasteiger partial charge in [-0.25, -0.2) is 4.98 Å². The van der Waals surface area contributed by atoms with Gasteiger partial charge in [-0.05, 0) is 30.2 Å². The number of aromatic nitrogens is 1. The first kappa shape index (κ1) is 14.8. The average Bonchev–Trinajstić information content (AvgIpc) is 2.27. The van der Waals surface area contributed by atoms with E-state index in [0.29, 0.717) is 11.7 Å². The first-order chi connectivity index (χ1) is 8.34. The molecule has 0 atom stereocenters. The molecule has 1 aromatic rings. The second kappa shape index (κ2) is 6.10. The summed E-state index contributed by atoms with van der Waals surface area (Å²) in [6.07, 6.45) is -3.60.